The minimum Gasteiger partial charge on any atom is -0.471 e. The molecule has 12 heteroatoms. The third-order valence-electron chi connectivity index (χ3n) is 5.00. The van der Waals surface area contributed by atoms with Crippen molar-refractivity contribution in [3.63, 3.8) is 0 Å². The predicted octanol–water partition coefficient (Wildman–Crippen LogP) is 2.59. The van der Waals surface area contributed by atoms with Crippen molar-refractivity contribution in [2.24, 2.45) is 7.05 Å². The van der Waals surface area contributed by atoms with Gasteiger partial charge in [0.1, 0.15) is 18.2 Å². The number of rotatable bonds is 7. The number of aromatic nitrogens is 9. The van der Waals surface area contributed by atoms with E-state index in [-0.39, 0.29) is 6.61 Å². The summed E-state index contributed by atoms with van der Waals surface area (Å²) in [5.74, 6) is 1.34. The SMILES string of the molecule is Cc1nnnn1Cc1cccc(-c2noc(-c3cnn(C)c3COc3ccc(F)cn3)n2)c1. The lowest BCUT2D eigenvalue weighted by molar-refractivity contribution is 0.282. The molecule has 0 aliphatic carbocycles. The largest absolute Gasteiger partial charge is 0.471 e. The molecule has 0 fully saturated rings. The Morgan fingerprint density at radius 2 is 2.06 bits per heavy atom. The lowest BCUT2D eigenvalue weighted by Gasteiger charge is -2.06. The number of hydrogen-bond acceptors (Lipinski definition) is 9. The molecule has 0 aliphatic heterocycles. The van der Waals surface area contributed by atoms with Gasteiger partial charge in [-0.3, -0.25) is 4.68 Å². The molecule has 0 saturated carbocycles. The van der Waals surface area contributed by atoms with Gasteiger partial charge in [-0.1, -0.05) is 23.4 Å². The van der Waals surface area contributed by atoms with Crippen molar-refractivity contribution in [3.8, 4) is 28.7 Å². The van der Waals surface area contributed by atoms with Gasteiger partial charge in [0.15, 0.2) is 0 Å². The maximum atomic E-state index is 13.1. The maximum Gasteiger partial charge on any atom is 0.261 e. The molecule has 0 spiro atoms. The van der Waals surface area contributed by atoms with Gasteiger partial charge in [-0.2, -0.15) is 10.1 Å². The number of hydrogen-bond donors (Lipinski definition) is 0. The Hall–Kier alpha value is -4.48. The molecule has 11 nitrogen and oxygen atoms in total. The van der Waals surface area contributed by atoms with Gasteiger partial charge in [0.05, 0.1) is 30.2 Å². The maximum absolute atomic E-state index is 13.1. The average molecular weight is 447 g/mol. The summed E-state index contributed by atoms with van der Waals surface area (Å²) in [5, 5.41) is 19.9. The molecular weight excluding hydrogens is 429 g/mol. The number of aryl methyl sites for hydroxylation is 2. The number of tetrazole rings is 1. The second-order valence-electron chi connectivity index (χ2n) is 7.24. The van der Waals surface area contributed by atoms with E-state index >= 15 is 0 Å². The summed E-state index contributed by atoms with van der Waals surface area (Å²) >= 11 is 0. The fraction of sp³-hybridized carbons (Fsp3) is 0.190. The van der Waals surface area contributed by atoms with E-state index in [9.17, 15) is 4.39 Å². The first-order valence-electron chi connectivity index (χ1n) is 9.98. The highest BCUT2D eigenvalue weighted by Gasteiger charge is 2.19. The van der Waals surface area contributed by atoms with Crippen molar-refractivity contribution in [1.82, 2.24) is 45.1 Å². The van der Waals surface area contributed by atoms with Gasteiger partial charge in [0.2, 0.25) is 11.7 Å². The standard InChI is InChI=1S/C21H18FN9O2/c1-13-26-28-29-31(13)11-14-4-3-5-15(8-14)20-25-21(33-27-20)17-10-24-30(2)18(17)12-32-19-7-6-16(22)9-23-19/h3-10H,11-12H2,1-2H3. The van der Waals surface area contributed by atoms with E-state index in [0.717, 1.165) is 23.1 Å². The second kappa shape index (κ2) is 8.57. The van der Waals surface area contributed by atoms with Crippen LogP contribution in [0.1, 0.15) is 17.1 Å². The van der Waals surface area contributed by atoms with Gasteiger partial charge < -0.3 is 9.26 Å². The van der Waals surface area contributed by atoms with Crippen LogP contribution in [0, 0.1) is 12.7 Å². The van der Waals surface area contributed by atoms with Crippen LogP contribution in [0.3, 0.4) is 0 Å². The summed E-state index contributed by atoms with van der Waals surface area (Å²) in [7, 11) is 1.78. The zero-order valence-electron chi connectivity index (χ0n) is 17.8. The summed E-state index contributed by atoms with van der Waals surface area (Å²) in [4.78, 5) is 8.45. The van der Waals surface area contributed by atoms with Crippen molar-refractivity contribution >= 4 is 0 Å². The van der Waals surface area contributed by atoms with Crippen molar-refractivity contribution in [2.75, 3.05) is 0 Å². The lowest BCUT2D eigenvalue weighted by atomic mass is 10.1. The van der Waals surface area contributed by atoms with Crippen LogP contribution in [-0.2, 0) is 20.2 Å². The number of benzene rings is 1. The zero-order chi connectivity index (χ0) is 22.8. The van der Waals surface area contributed by atoms with Crippen molar-refractivity contribution in [1.29, 1.82) is 0 Å². The molecule has 0 aliphatic rings. The Balaban J connectivity index is 1.36. The van der Waals surface area contributed by atoms with E-state index in [1.807, 2.05) is 31.2 Å². The van der Waals surface area contributed by atoms with E-state index in [4.69, 9.17) is 9.26 Å². The Kier molecular flexibility index (Phi) is 5.30. The molecule has 166 valence electrons. The molecule has 4 heterocycles. The van der Waals surface area contributed by atoms with Crippen molar-refractivity contribution in [2.45, 2.75) is 20.1 Å². The van der Waals surface area contributed by atoms with Crippen LogP contribution in [0.25, 0.3) is 22.8 Å². The van der Waals surface area contributed by atoms with E-state index in [0.29, 0.717) is 35.4 Å². The number of nitrogens with zero attached hydrogens (tertiary/aromatic N) is 9. The van der Waals surface area contributed by atoms with Crippen molar-refractivity contribution < 1.29 is 13.7 Å². The Bertz CT molecular complexity index is 1390. The van der Waals surface area contributed by atoms with Crippen LogP contribution in [-0.4, -0.2) is 45.1 Å². The van der Waals surface area contributed by atoms with Gasteiger partial charge in [0, 0.05) is 18.7 Å². The molecule has 0 unspecified atom stereocenters. The summed E-state index contributed by atoms with van der Waals surface area (Å²) in [6.07, 6.45) is 2.73. The molecule has 5 rings (SSSR count). The minimum atomic E-state index is -0.431. The zero-order valence-corrected chi connectivity index (χ0v) is 17.8. The molecule has 5 aromatic rings. The number of halogens is 1. The van der Waals surface area contributed by atoms with E-state index in [1.54, 1.807) is 22.6 Å². The van der Waals surface area contributed by atoms with Gasteiger partial charge >= 0.3 is 0 Å². The molecule has 33 heavy (non-hydrogen) atoms. The summed E-state index contributed by atoms with van der Waals surface area (Å²) in [6.45, 7) is 2.51. The fourth-order valence-electron chi connectivity index (χ4n) is 3.23. The minimum absolute atomic E-state index is 0.142. The second-order valence-corrected chi connectivity index (χ2v) is 7.24. The van der Waals surface area contributed by atoms with E-state index in [2.05, 4.69) is 35.7 Å². The number of pyridine rings is 1. The molecule has 0 radical (unpaired) electrons. The fourth-order valence-corrected chi connectivity index (χ4v) is 3.23. The predicted molar refractivity (Wildman–Crippen MR) is 112 cm³/mol. The van der Waals surface area contributed by atoms with E-state index in [1.165, 1.54) is 12.1 Å². The lowest BCUT2D eigenvalue weighted by Crippen LogP contribution is -2.05. The summed E-state index contributed by atoms with van der Waals surface area (Å²) in [5.41, 5.74) is 3.14. The smallest absolute Gasteiger partial charge is 0.261 e. The molecule has 1 aromatic carbocycles. The highest BCUT2D eigenvalue weighted by atomic mass is 19.1. The third kappa shape index (κ3) is 4.31. The van der Waals surface area contributed by atoms with Crippen LogP contribution in [0.2, 0.25) is 0 Å². The molecule has 0 N–H and O–H groups in total. The Morgan fingerprint density at radius 3 is 2.85 bits per heavy atom. The normalized spacial score (nSPS) is 11.1. The Labute approximate surface area is 186 Å². The van der Waals surface area contributed by atoms with Crippen LogP contribution in [0.4, 0.5) is 4.39 Å². The molecule has 0 bridgehead atoms. The summed E-state index contributed by atoms with van der Waals surface area (Å²) < 4.78 is 27.6. The van der Waals surface area contributed by atoms with Crippen LogP contribution < -0.4 is 4.74 Å². The topological polar surface area (TPSA) is 122 Å². The van der Waals surface area contributed by atoms with Crippen LogP contribution in [0.5, 0.6) is 5.88 Å². The first-order chi connectivity index (χ1) is 16.1. The average Bonchev–Trinajstić information content (AvgIpc) is 3.55. The van der Waals surface area contributed by atoms with Crippen LogP contribution >= 0.6 is 0 Å². The van der Waals surface area contributed by atoms with Gasteiger partial charge in [0.25, 0.3) is 5.89 Å². The van der Waals surface area contributed by atoms with Gasteiger partial charge in [-0.05, 0) is 35.0 Å². The third-order valence-corrected chi connectivity index (χ3v) is 5.00. The number of ether oxygens (including phenoxy) is 1. The highest BCUT2D eigenvalue weighted by molar-refractivity contribution is 5.61. The highest BCUT2D eigenvalue weighted by Crippen LogP contribution is 2.26. The molecule has 4 aromatic heterocycles. The van der Waals surface area contributed by atoms with Gasteiger partial charge in [-0.25, -0.2) is 14.1 Å². The first kappa shape index (κ1) is 20.4. The monoisotopic (exact) mass is 447 g/mol. The molecule has 0 atom stereocenters. The van der Waals surface area contributed by atoms with Gasteiger partial charge in [-0.15, -0.1) is 5.10 Å². The molecule has 0 amide bonds. The van der Waals surface area contributed by atoms with Crippen LogP contribution in [0.15, 0.2) is 53.3 Å². The Morgan fingerprint density at radius 1 is 1.15 bits per heavy atom. The van der Waals surface area contributed by atoms with E-state index < -0.39 is 5.82 Å². The summed E-state index contributed by atoms with van der Waals surface area (Å²) in [6, 6.07) is 10.5. The van der Waals surface area contributed by atoms with Crippen molar-refractivity contribution in [3.05, 3.63) is 71.7 Å². The first-order valence-corrected chi connectivity index (χ1v) is 9.98. The molecule has 0 saturated heterocycles. The quantitative estimate of drug-likeness (QED) is 0.370. The molecular formula is C21H18FN9O2.